The molecule has 2 heterocycles. The summed E-state index contributed by atoms with van der Waals surface area (Å²) in [5.41, 5.74) is -0.198. The number of benzene rings is 1. The normalized spacial score (nSPS) is 24.3. The second-order valence-electron chi connectivity index (χ2n) is 6.72. The van der Waals surface area contributed by atoms with E-state index in [0.717, 1.165) is 0 Å². The minimum Gasteiger partial charge on any atom is -0.485 e. The fraction of sp³-hybridized carbons (Fsp3) is 0.529. The van der Waals surface area contributed by atoms with E-state index in [4.69, 9.17) is 9.26 Å². The first kappa shape index (κ1) is 20.4. The maximum Gasteiger partial charge on any atom is 0.470 e. The van der Waals surface area contributed by atoms with Crippen LogP contribution in [0.15, 0.2) is 18.2 Å². The molecule has 0 radical (unpaired) electrons. The van der Waals surface area contributed by atoms with Gasteiger partial charge in [0.2, 0.25) is 5.91 Å². The molecule has 8 nitrogen and oxygen atoms in total. The van der Waals surface area contributed by atoms with Crippen molar-refractivity contribution in [3.8, 4) is 11.8 Å². The molecule has 1 saturated heterocycles. The Morgan fingerprint density at radius 3 is 2.65 bits per heavy atom. The van der Waals surface area contributed by atoms with E-state index in [1.165, 1.54) is 0 Å². The van der Waals surface area contributed by atoms with Gasteiger partial charge < -0.3 is 19.4 Å². The molecule has 1 aromatic carbocycles. The Morgan fingerprint density at radius 2 is 2.12 bits per heavy atom. The molecule has 0 spiro atoms. The zero-order chi connectivity index (χ0) is 18.4. The van der Waals surface area contributed by atoms with Crippen LogP contribution in [0.25, 0.3) is 0 Å². The van der Waals surface area contributed by atoms with Crippen LogP contribution in [0.4, 0.5) is 0 Å². The van der Waals surface area contributed by atoms with Gasteiger partial charge >= 0.3 is 7.82 Å². The van der Waals surface area contributed by atoms with Crippen molar-refractivity contribution in [2.24, 2.45) is 0 Å². The van der Waals surface area contributed by atoms with E-state index >= 15 is 0 Å². The third kappa shape index (κ3) is 3.76. The highest BCUT2D eigenvalue weighted by Crippen LogP contribution is 2.51. The Bertz CT molecular complexity index is 797. The van der Waals surface area contributed by atoms with Crippen LogP contribution in [-0.2, 0) is 13.9 Å². The molecule has 0 aromatic heterocycles. The highest BCUT2D eigenvalue weighted by atomic mass is 31.2. The van der Waals surface area contributed by atoms with Gasteiger partial charge in [0.1, 0.15) is 17.5 Å². The van der Waals surface area contributed by atoms with Gasteiger partial charge in [-0.05, 0) is 38.5 Å². The molecule has 2 N–H and O–H groups in total. The highest BCUT2D eigenvalue weighted by molar-refractivity contribution is 7.46. The van der Waals surface area contributed by atoms with Gasteiger partial charge in [0.15, 0.2) is 0 Å². The van der Waals surface area contributed by atoms with Crippen LogP contribution in [0.1, 0.15) is 51.3 Å². The Balaban J connectivity index is 0.00000243. The summed E-state index contributed by atoms with van der Waals surface area (Å²) in [5.74, 6) is 0.356. The molecular weight excluding hydrogens is 359 g/mol. The van der Waals surface area contributed by atoms with Gasteiger partial charge in [0, 0.05) is 18.5 Å². The van der Waals surface area contributed by atoms with Crippen molar-refractivity contribution in [3.63, 3.8) is 0 Å². The summed E-state index contributed by atoms with van der Waals surface area (Å²) in [7, 11) is -4.83. The molecule has 2 aliphatic rings. The first-order valence-electron chi connectivity index (χ1n) is 7.89. The standard InChI is InChI=1S/C16H19N2O6P.CH4/c1-16(2)15(24-25(20,21)22)14(18-7-3-4-13(18)19)11-8-10(9-17)5-6-12(11)23-16;/h5-6,8,14-15H,3-4,7H2,1-2H3,(H2,20,21,22);1H4/t14-,15+;/m1./s1. The largest absolute Gasteiger partial charge is 0.485 e. The number of rotatable bonds is 3. The fourth-order valence-electron chi connectivity index (χ4n) is 3.45. The van der Waals surface area contributed by atoms with E-state index in [-0.39, 0.29) is 13.3 Å². The predicted molar refractivity (Wildman–Crippen MR) is 93.2 cm³/mol. The quantitative estimate of drug-likeness (QED) is 0.771. The summed E-state index contributed by atoms with van der Waals surface area (Å²) in [5, 5.41) is 9.17. The van der Waals surface area contributed by atoms with Crippen LogP contribution in [-0.4, -0.2) is 38.8 Å². The van der Waals surface area contributed by atoms with Crippen LogP contribution >= 0.6 is 7.82 Å². The number of fused-ring (bicyclic) bond motifs is 1. The summed E-state index contributed by atoms with van der Waals surface area (Å²) in [4.78, 5) is 32.6. The highest BCUT2D eigenvalue weighted by Gasteiger charge is 2.51. The van der Waals surface area contributed by atoms with Crippen LogP contribution in [0.5, 0.6) is 5.75 Å². The minimum absolute atomic E-state index is 0. The van der Waals surface area contributed by atoms with Gasteiger partial charge in [-0.15, -0.1) is 0 Å². The minimum atomic E-state index is -4.83. The third-order valence-corrected chi connectivity index (χ3v) is 5.00. The van der Waals surface area contributed by atoms with Gasteiger partial charge in [0.25, 0.3) is 0 Å². The molecule has 0 saturated carbocycles. The third-order valence-electron chi connectivity index (χ3n) is 4.50. The van der Waals surface area contributed by atoms with Crippen LogP contribution in [0.2, 0.25) is 0 Å². The number of phosphoric acid groups is 1. The number of carbonyl (C=O) groups excluding carboxylic acids is 1. The van der Waals surface area contributed by atoms with Crippen molar-refractivity contribution in [2.75, 3.05) is 6.54 Å². The van der Waals surface area contributed by atoms with Gasteiger partial charge in [-0.25, -0.2) is 4.57 Å². The van der Waals surface area contributed by atoms with E-state index in [1.807, 2.05) is 6.07 Å². The molecule has 0 unspecified atom stereocenters. The van der Waals surface area contributed by atoms with Crippen molar-refractivity contribution < 1.29 is 28.4 Å². The second kappa shape index (κ2) is 7.01. The van der Waals surface area contributed by atoms with E-state index in [0.29, 0.717) is 36.3 Å². The maximum absolute atomic E-state index is 12.3. The molecule has 26 heavy (non-hydrogen) atoms. The SMILES string of the molecule is C.CC1(C)Oc2ccc(C#N)cc2[C@@H](N2CCCC2=O)[C@@H]1OP(=O)(O)O. The maximum atomic E-state index is 12.3. The molecule has 2 atom stereocenters. The lowest BCUT2D eigenvalue weighted by Gasteiger charge is -2.47. The Morgan fingerprint density at radius 1 is 1.42 bits per heavy atom. The molecule has 0 aliphatic carbocycles. The number of hydrogen-bond donors (Lipinski definition) is 2. The number of amides is 1. The molecule has 1 aromatic rings. The van der Waals surface area contributed by atoms with Crippen LogP contribution < -0.4 is 4.74 Å². The Labute approximate surface area is 152 Å². The zero-order valence-electron chi connectivity index (χ0n) is 13.9. The monoisotopic (exact) mass is 382 g/mol. The summed E-state index contributed by atoms with van der Waals surface area (Å²) >= 11 is 0. The van der Waals surface area contributed by atoms with Crippen molar-refractivity contribution in [3.05, 3.63) is 29.3 Å². The Kier molecular flexibility index (Phi) is 5.50. The summed E-state index contributed by atoms with van der Waals surface area (Å²) in [6.07, 6.45) is -0.0583. The summed E-state index contributed by atoms with van der Waals surface area (Å²) < 4.78 is 22.5. The van der Waals surface area contributed by atoms with Gasteiger partial charge in [0.05, 0.1) is 17.7 Å². The van der Waals surface area contributed by atoms with E-state index in [2.05, 4.69) is 0 Å². The lowest BCUT2D eigenvalue weighted by molar-refractivity contribution is -0.138. The number of nitrogens with zero attached hydrogens (tertiary/aromatic N) is 2. The molecule has 1 fully saturated rings. The van der Waals surface area contributed by atoms with Crippen LogP contribution in [0.3, 0.4) is 0 Å². The lowest BCUT2D eigenvalue weighted by atomic mass is 9.85. The number of nitriles is 1. The van der Waals surface area contributed by atoms with Crippen LogP contribution in [0, 0.1) is 11.3 Å². The van der Waals surface area contributed by atoms with E-state index in [9.17, 15) is 24.4 Å². The molecule has 9 heteroatoms. The van der Waals surface area contributed by atoms with Crippen molar-refractivity contribution in [1.82, 2.24) is 4.90 Å². The van der Waals surface area contributed by atoms with Gasteiger partial charge in [-0.2, -0.15) is 5.26 Å². The molecule has 1 amide bonds. The lowest BCUT2D eigenvalue weighted by Crippen LogP contribution is -2.54. The number of hydrogen-bond acceptors (Lipinski definition) is 5. The number of ether oxygens (including phenoxy) is 1. The number of phosphoric ester groups is 1. The molecule has 3 rings (SSSR count). The predicted octanol–water partition coefficient (Wildman–Crippen LogP) is 2.51. The van der Waals surface area contributed by atoms with Crippen molar-refractivity contribution in [1.29, 1.82) is 5.26 Å². The smallest absolute Gasteiger partial charge is 0.470 e. The average molecular weight is 382 g/mol. The fourth-order valence-corrected chi connectivity index (χ4v) is 4.12. The van der Waals surface area contributed by atoms with Crippen molar-refractivity contribution in [2.45, 2.75) is 51.9 Å². The zero-order valence-corrected chi connectivity index (χ0v) is 14.8. The number of carbonyl (C=O) groups is 1. The van der Waals surface area contributed by atoms with Gasteiger partial charge in [-0.3, -0.25) is 9.32 Å². The first-order chi connectivity index (χ1) is 11.6. The average Bonchev–Trinajstić information content (AvgIpc) is 2.92. The summed E-state index contributed by atoms with van der Waals surface area (Å²) in [6, 6.07) is 6.10. The first-order valence-corrected chi connectivity index (χ1v) is 9.42. The Hall–Kier alpha value is -1.91. The van der Waals surface area contributed by atoms with E-state index < -0.39 is 25.6 Å². The number of likely N-dealkylation sites (tertiary alicyclic amines) is 1. The molecule has 2 aliphatic heterocycles. The van der Waals surface area contributed by atoms with Crippen molar-refractivity contribution >= 4 is 13.7 Å². The summed E-state index contributed by atoms with van der Waals surface area (Å²) in [6.45, 7) is 3.76. The topological polar surface area (TPSA) is 120 Å². The van der Waals surface area contributed by atoms with E-state index in [1.54, 1.807) is 36.9 Å². The molecule has 0 bridgehead atoms. The molecule has 142 valence electrons. The van der Waals surface area contributed by atoms with Gasteiger partial charge in [-0.1, -0.05) is 7.43 Å². The molecular formula is C17H23N2O6P. The second-order valence-corrected chi connectivity index (χ2v) is 7.91.